The second-order valence-corrected chi connectivity index (χ2v) is 8.42. The van der Waals surface area contributed by atoms with Crippen LogP contribution in [-0.4, -0.2) is 46.7 Å². The largest absolute Gasteiger partial charge is 0.378 e. The Kier molecular flexibility index (Phi) is 6.99. The van der Waals surface area contributed by atoms with Crippen molar-refractivity contribution in [3.63, 3.8) is 0 Å². The molecular weight excluding hydrogens is 318 g/mol. The number of aryl methyl sites for hydroxylation is 1. The smallest absolute Gasteiger partial charge is 0.226 e. The van der Waals surface area contributed by atoms with E-state index in [1.54, 1.807) is 0 Å². The molecule has 0 atom stereocenters. The summed E-state index contributed by atoms with van der Waals surface area (Å²) in [5.41, 5.74) is -0.112. The van der Waals surface area contributed by atoms with Crippen molar-refractivity contribution in [2.45, 2.75) is 78.2 Å². The molecule has 1 aromatic rings. The number of hydrogen-bond acceptors (Lipinski definition) is 5. The highest BCUT2D eigenvalue weighted by Gasteiger charge is 2.24. The van der Waals surface area contributed by atoms with E-state index in [-0.39, 0.29) is 11.3 Å². The summed E-state index contributed by atoms with van der Waals surface area (Å²) in [5.74, 6) is 2.12. The van der Waals surface area contributed by atoms with Crippen molar-refractivity contribution in [3.8, 4) is 0 Å². The molecular formula is C19H33N3O3. The Balaban J connectivity index is 1.67. The lowest BCUT2D eigenvalue weighted by atomic mass is 9.96. The number of aromatic nitrogens is 2. The molecule has 1 saturated heterocycles. The number of carbonyl (C=O) groups is 1. The molecule has 0 radical (unpaired) electrons. The minimum absolute atomic E-state index is 0.112. The van der Waals surface area contributed by atoms with E-state index in [0.29, 0.717) is 30.8 Å². The third-order valence-corrected chi connectivity index (χ3v) is 4.38. The van der Waals surface area contributed by atoms with Crippen LogP contribution in [0.1, 0.15) is 72.0 Å². The summed E-state index contributed by atoms with van der Waals surface area (Å²) in [5, 5.41) is 4.02. The van der Waals surface area contributed by atoms with Crippen molar-refractivity contribution >= 4 is 5.91 Å². The maximum absolute atomic E-state index is 12.3. The highest BCUT2D eigenvalue weighted by atomic mass is 16.5. The van der Waals surface area contributed by atoms with Crippen molar-refractivity contribution in [3.05, 3.63) is 11.7 Å². The van der Waals surface area contributed by atoms with E-state index in [9.17, 15) is 4.79 Å². The summed E-state index contributed by atoms with van der Waals surface area (Å²) in [6.45, 7) is 12.9. The van der Waals surface area contributed by atoms with E-state index < -0.39 is 0 Å². The second-order valence-electron chi connectivity index (χ2n) is 8.42. The molecule has 25 heavy (non-hydrogen) atoms. The summed E-state index contributed by atoms with van der Waals surface area (Å²) in [4.78, 5) is 18.7. The number of amides is 1. The Morgan fingerprint density at radius 3 is 2.56 bits per heavy atom. The minimum Gasteiger partial charge on any atom is -0.378 e. The standard InChI is InChI=1S/C19H33N3O3/c1-14(2)13-24-15-9-11-22(12-10-15)17(23)8-6-7-16-20-18(21-25-16)19(3,4)5/h14-15H,6-13H2,1-5H3. The maximum Gasteiger partial charge on any atom is 0.226 e. The number of nitrogens with zero attached hydrogens (tertiary/aromatic N) is 3. The van der Waals surface area contributed by atoms with E-state index in [1.165, 1.54) is 0 Å². The van der Waals surface area contributed by atoms with E-state index in [4.69, 9.17) is 9.26 Å². The van der Waals surface area contributed by atoms with Gasteiger partial charge in [-0.1, -0.05) is 39.8 Å². The van der Waals surface area contributed by atoms with Crippen molar-refractivity contribution < 1.29 is 14.1 Å². The van der Waals surface area contributed by atoms with Gasteiger partial charge in [0.15, 0.2) is 5.82 Å². The van der Waals surface area contributed by atoms with E-state index >= 15 is 0 Å². The van der Waals surface area contributed by atoms with E-state index in [1.807, 2.05) is 4.90 Å². The van der Waals surface area contributed by atoms with E-state index in [2.05, 4.69) is 44.8 Å². The van der Waals surface area contributed by atoms with Gasteiger partial charge in [-0.15, -0.1) is 0 Å². The molecule has 0 aliphatic carbocycles. The van der Waals surface area contributed by atoms with Crippen LogP contribution in [0.15, 0.2) is 4.52 Å². The van der Waals surface area contributed by atoms with Crippen LogP contribution in [0.4, 0.5) is 0 Å². The van der Waals surface area contributed by atoms with E-state index in [0.717, 1.165) is 44.8 Å². The van der Waals surface area contributed by atoms with Gasteiger partial charge in [-0.05, 0) is 25.2 Å². The first kappa shape index (κ1) is 19.9. The molecule has 2 heterocycles. The van der Waals surface area contributed by atoms with Gasteiger partial charge in [-0.3, -0.25) is 4.79 Å². The van der Waals surface area contributed by atoms with Crippen LogP contribution in [0.5, 0.6) is 0 Å². The number of piperidine rings is 1. The Hall–Kier alpha value is -1.43. The van der Waals surface area contributed by atoms with Crippen molar-refractivity contribution in [1.82, 2.24) is 15.0 Å². The lowest BCUT2D eigenvalue weighted by Crippen LogP contribution is -2.41. The fraction of sp³-hybridized carbons (Fsp3) is 0.842. The van der Waals surface area contributed by atoms with Gasteiger partial charge in [-0.2, -0.15) is 4.98 Å². The Morgan fingerprint density at radius 2 is 2.00 bits per heavy atom. The molecule has 6 nitrogen and oxygen atoms in total. The maximum atomic E-state index is 12.3. The fourth-order valence-electron chi connectivity index (χ4n) is 2.81. The summed E-state index contributed by atoms with van der Waals surface area (Å²) in [6, 6.07) is 0. The average molecular weight is 351 g/mol. The lowest BCUT2D eigenvalue weighted by molar-refractivity contribution is -0.134. The first-order valence-corrected chi connectivity index (χ1v) is 9.48. The molecule has 2 rings (SSSR count). The monoisotopic (exact) mass is 351 g/mol. The first-order valence-electron chi connectivity index (χ1n) is 9.48. The van der Waals surface area contributed by atoms with Gasteiger partial charge in [0, 0.05) is 38.0 Å². The lowest BCUT2D eigenvalue weighted by Gasteiger charge is -2.32. The normalized spacial score (nSPS) is 16.6. The Bertz CT molecular complexity index is 540. The van der Waals surface area contributed by atoms with Crippen LogP contribution in [0, 0.1) is 5.92 Å². The molecule has 142 valence electrons. The topological polar surface area (TPSA) is 68.5 Å². The zero-order valence-electron chi connectivity index (χ0n) is 16.4. The average Bonchev–Trinajstić information content (AvgIpc) is 3.02. The molecule has 1 fully saturated rings. The molecule has 0 saturated carbocycles. The van der Waals surface area contributed by atoms with Gasteiger partial charge in [0.05, 0.1) is 6.10 Å². The molecule has 0 aromatic carbocycles. The molecule has 1 aliphatic heterocycles. The minimum atomic E-state index is -0.112. The highest BCUT2D eigenvalue weighted by molar-refractivity contribution is 5.76. The van der Waals surface area contributed by atoms with Crippen molar-refractivity contribution in [1.29, 1.82) is 0 Å². The zero-order chi connectivity index (χ0) is 18.4. The zero-order valence-corrected chi connectivity index (χ0v) is 16.4. The molecule has 1 amide bonds. The molecule has 0 N–H and O–H groups in total. The van der Waals surface area contributed by atoms with Gasteiger partial charge < -0.3 is 14.2 Å². The van der Waals surface area contributed by atoms with Crippen LogP contribution in [0.2, 0.25) is 0 Å². The first-order chi connectivity index (χ1) is 11.8. The summed E-state index contributed by atoms with van der Waals surface area (Å²) in [6.07, 6.45) is 4.12. The van der Waals surface area contributed by atoms with Crippen molar-refractivity contribution in [2.24, 2.45) is 5.92 Å². The second kappa shape index (κ2) is 8.79. The fourth-order valence-corrected chi connectivity index (χ4v) is 2.81. The quantitative estimate of drug-likeness (QED) is 0.753. The predicted octanol–water partition coefficient (Wildman–Crippen LogP) is 3.35. The molecule has 1 aromatic heterocycles. The SMILES string of the molecule is CC(C)COC1CCN(C(=O)CCCc2nc(C(C)(C)C)no2)CC1. The molecule has 0 spiro atoms. The molecule has 1 aliphatic rings. The van der Waals surface area contributed by atoms with Crippen LogP contribution in [-0.2, 0) is 21.4 Å². The molecule has 6 heteroatoms. The molecule has 0 unspecified atom stereocenters. The van der Waals surface area contributed by atoms with Crippen molar-refractivity contribution in [2.75, 3.05) is 19.7 Å². The van der Waals surface area contributed by atoms with Crippen LogP contribution >= 0.6 is 0 Å². The Labute approximate surface area is 151 Å². The Morgan fingerprint density at radius 1 is 1.32 bits per heavy atom. The third-order valence-electron chi connectivity index (χ3n) is 4.38. The number of hydrogen-bond donors (Lipinski definition) is 0. The molecule has 0 bridgehead atoms. The van der Waals surface area contributed by atoms with Gasteiger partial charge in [-0.25, -0.2) is 0 Å². The third kappa shape index (κ3) is 6.42. The summed E-state index contributed by atoms with van der Waals surface area (Å²) in [7, 11) is 0. The summed E-state index contributed by atoms with van der Waals surface area (Å²) >= 11 is 0. The number of carbonyl (C=O) groups excluding carboxylic acids is 1. The summed E-state index contributed by atoms with van der Waals surface area (Å²) < 4.78 is 11.2. The van der Waals surface area contributed by atoms with Crippen LogP contribution in [0.3, 0.4) is 0 Å². The number of rotatable bonds is 7. The van der Waals surface area contributed by atoms with Gasteiger partial charge in [0.2, 0.25) is 11.8 Å². The van der Waals surface area contributed by atoms with Gasteiger partial charge in [0.1, 0.15) is 0 Å². The highest BCUT2D eigenvalue weighted by Crippen LogP contribution is 2.19. The van der Waals surface area contributed by atoms with Gasteiger partial charge >= 0.3 is 0 Å². The number of ether oxygens (including phenoxy) is 1. The van der Waals surface area contributed by atoms with Crippen LogP contribution < -0.4 is 0 Å². The number of likely N-dealkylation sites (tertiary alicyclic amines) is 1. The van der Waals surface area contributed by atoms with Crippen LogP contribution in [0.25, 0.3) is 0 Å². The predicted molar refractivity (Wildman–Crippen MR) is 96.3 cm³/mol. The van der Waals surface area contributed by atoms with Gasteiger partial charge in [0.25, 0.3) is 0 Å².